The van der Waals surface area contributed by atoms with Gasteiger partial charge >= 0.3 is 59.1 Å². The number of rotatable bonds is 7. The maximum absolute atomic E-state index is 11.8. The fourth-order valence-corrected chi connectivity index (χ4v) is 5.23. The first-order chi connectivity index (χ1) is 20.3. The summed E-state index contributed by atoms with van der Waals surface area (Å²) in [6.45, 7) is 1.39. The Morgan fingerprint density at radius 3 is 1.58 bits per heavy atom. The van der Waals surface area contributed by atoms with Crippen LogP contribution in [0.3, 0.4) is 0 Å². The van der Waals surface area contributed by atoms with Crippen molar-refractivity contribution in [1.29, 1.82) is 0 Å². The van der Waals surface area contributed by atoms with Crippen molar-refractivity contribution in [1.82, 2.24) is 0 Å². The summed E-state index contributed by atoms with van der Waals surface area (Å²) in [6.07, 6.45) is 0. The molecule has 0 saturated carbocycles. The van der Waals surface area contributed by atoms with Crippen LogP contribution < -0.4 is 70.2 Å². The maximum Gasteiger partial charge on any atom is 1.00 e. The van der Waals surface area contributed by atoms with Gasteiger partial charge in [0.2, 0.25) is 5.91 Å². The summed E-state index contributed by atoms with van der Waals surface area (Å²) < 4.78 is 70.1. The molecule has 13 nitrogen and oxygen atoms in total. The van der Waals surface area contributed by atoms with E-state index >= 15 is 0 Å². The topological polar surface area (TPSA) is 219 Å². The fourth-order valence-electron chi connectivity index (χ4n) is 4.24. The molecule has 218 valence electrons. The molecule has 45 heavy (non-hydrogen) atoms. The van der Waals surface area contributed by atoms with Gasteiger partial charge in [-0.2, -0.15) is 5.11 Å². The van der Waals surface area contributed by atoms with Gasteiger partial charge in [0.25, 0.3) is 0 Å². The van der Waals surface area contributed by atoms with Crippen LogP contribution in [0.4, 0.5) is 34.1 Å². The molecule has 0 atom stereocenters. The quantitative estimate of drug-likeness (QED) is 0.106. The number of fused-ring (bicyclic) bond motifs is 2. The van der Waals surface area contributed by atoms with Gasteiger partial charge in [-0.05, 0) is 72.8 Å². The second-order valence-electron chi connectivity index (χ2n) is 9.23. The second kappa shape index (κ2) is 14.6. The van der Waals surface area contributed by atoms with Gasteiger partial charge in [0.15, 0.2) is 0 Å². The molecule has 0 fully saturated rings. The molecule has 3 N–H and O–H groups in total. The van der Waals surface area contributed by atoms with E-state index in [0.717, 1.165) is 24.3 Å². The molecule has 0 aliphatic rings. The van der Waals surface area contributed by atoms with E-state index in [2.05, 4.69) is 25.8 Å². The van der Waals surface area contributed by atoms with Crippen LogP contribution in [0.15, 0.2) is 115 Å². The average molecular weight is 663 g/mol. The molecule has 5 rings (SSSR count). The van der Waals surface area contributed by atoms with Gasteiger partial charge < -0.3 is 20.2 Å². The van der Waals surface area contributed by atoms with Crippen LogP contribution in [-0.2, 0) is 25.0 Å². The Morgan fingerprint density at radius 1 is 0.622 bits per heavy atom. The fraction of sp³-hybridized carbons (Fsp3) is 0.0357. The summed E-state index contributed by atoms with van der Waals surface area (Å²) in [4.78, 5) is 10.3. The number of nitrogen functional groups attached to an aromatic ring is 1. The largest absolute Gasteiger partial charge is 1.00 e. The summed E-state index contributed by atoms with van der Waals surface area (Å²) in [5.41, 5.74) is 8.06. The first-order valence-corrected chi connectivity index (χ1v) is 15.1. The molecule has 0 aliphatic carbocycles. The van der Waals surface area contributed by atoms with Crippen LogP contribution in [0.2, 0.25) is 0 Å². The Kier molecular flexibility index (Phi) is 11.8. The molecule has 17 heteroatoms. The number of hydrogen-bond acceptors (Lipinski definition) is 12. The number of benzene rings is 5. The molecular formula is C28H20N6Na2O7S2. The number of hydrogen-bond donors (Lipinski definition) is 2. The van der Waals surface area contributed by atoms with E-state index in [9.17, 15) is 30.7 Å². The monoisotopic (exact) mass is 662 g/mol. The maximum atomic E-state index is 11.8. The first kappa shape index (κ1) is 36.4. The molecule has 0 aliphatic heterocycles. The molecule has 0 unspecified atom stereocenters. The number of carbonyl (C=O) groups is 1. The third kappa shape index (κ3) is 8.59. The van der Waals surface area contributed by atoms with Crippen LogP contribution in [0.5, 0.6) is 0 Å². The van der Waals surface area contributed by atoms with E-state index in [1.54, 1.807) is 30.3 Å². The van der Waals surface area contributed by atoms with Gasteiger partial charge in [0, 0.05) is 39.8 Å². The number of amides is 1. The van der Waals surface area contributed by atoms with Crippen molar-refractivity contribution < 1.29 is 89.9 Å². The van der Waals surface area contributed by atoms with E-state index in [0.29, 0.717) is 33.5 Å². The molecule has 0 heterocycles. The summed E-state index contributed by atoms with van der Waals surface area (Å²) in [5, 5.41) is 20.9. The zero-order chi connectivity index (χ0) is 30.9. The predicted molar refractivity (Wildman–Crippen MR) is 157 cm³/mol. The third-order valence-electron chi connectivity index (χ3n) is 6.24. The molecular weight excluding hydrogens is 642 g/mol. The van der Waals surface area contributed by atoms with Crippen LogP contribution in [0, 0.1) is 0 Å². The third-order valence-corrected chi connectivity index (χ3v) is 7.91. The molecule has 0 bridgehead atoms. The van der Waals surface area contributed by atoms with Crippen molar-refractivity contribution in [2.24, 2.45) is 20.5 Å². The predicted octanol–water partition coefficient (Wildman–Crippen LogP) is 0.181. The van der Waals surface area contributed by atoms with Crippen LogP contribution in [-0.4, -0.2) is 31.8 Å². The molecule has 0 saturated heterocycles. The average Bonchev–Trinajstić information content (AvgIpc) is 2.95. The standard InChI is InChI=1S/C28H22N6O7S2.2Na/c1-16(35)30-17-2-4-18(5-3-17)31-32-26-12-13-28(24-15-20(43(39,40)41)7-9-22(24)26)34-33-27-11-10-25(29)21-8-6-19(14-23(21)27)42(36,37)38;;/h2-15H,29H2,1H3,(H,30,35)(H,36,37,38)(H,39,40,41);;/q;2*+1/p-2. The molecule has 1 amide bonds. The number of azo groups is 2. The van der Waals surface area contributed by atoms with E-state index in [1.807, 2.05) is 0 Å². The Labute approximate surface area is 302 Å². The molecule has 5 aromatic rings. The molecule has 5 aromatic carbocycles. The number of nitrogens with zero attached hydrogens (tertiary/aromatic N) is 4. The summed E-state index contributed by atoms with van der Waals surface area (Å²) in [7, 11) is -9.58. The molecule has 0 spiro atoms. The van der Waals surface area contributed by atoms with Gasteiger partial charge in [-0.25, -0.2) is 16.8 Å². The van der Waals surface area contributed by atoms with Gasteiger partial charge in [-0.15, -0.1) is 15.3 Å². The Bertz CT molecular complexity index is 2210. The van der Waals surface area contributed by atoms with Crippen molar-refractivity contribution in [2.75, 3.05) is 11.1 Å². The van der Waals surface area contributed by atoms with E-state index in [-0.39, 0.29) is 87.2 Å². The van der Waals surface area contributed by atoms with Gasteiger partial charge in [0.1, 0.15) is 20.2 Å². The van der Waals surface area contributed by atoms with Crippen molar-refractivity contribution >= 4 is 81.8 Å². The summed E-state index contributed by atoms with van der Waals surface area (Å²) in [5.74, 6) is -0.220. The van der Waals surface area contributed by atoms with Crippen LogP contribution in [0.1, 0.15) is 6.92 Å². The summed E-state index contributed by atoms with van der Waals surface area (Å²) in [6, 6.07) is 20.0. The van der Waals surface area contributed by atoms with Crippen molar-refractivity contribution in [3.63, 3.8) is 0 Å². The normalized spacial score (nSPS) is 11.9. The second-order valence-corrected chi connectivity index (χ2v) is 12.0. The minimum absolute atomic E-state index is 0. The van der Waals surface area contributed by atoms with E-state index in [4.69, 9.17) is 5.73 Å². The Hall–Kier alpha value is -3.09. The van der Waals surface area contributed by atoms with E-state index in [1.165, 1.54) is 37.3 Å². The number of nitrogens with two attached hydrogens (primary N) is 1. The van der Waals surface area contributed by atoms with E-state index < -0.39 is 30.0 Å². The zero-order valence-corrected chi connectivity index (χ0v) is 29.8. The van der Waals surface area contributed by atoms with Crippen LogP contribution >= 0.6 is 0 Å². The van der Waals surface area contributed by atoms with Crippen LogP contribution in [0.25, 0.3) is 21.5 Å². The van der Waals surface area contributed by atoms with Crippen molar-refractivity contribution in [3.05, 3.63) is 84.9 Å². The van der Waals surface area contributed by atoms with Gasteiger partial charge in [-0.3, -0.25) is 4.79 Å². The van der Waals surface area contributed by atoms with Crippen molar-refractivity contribution in [3.8, 4) is 0 Å². The summed E-state index contributed by atoms with van der Waals surface area (Å²) >= 11 is 0. The number of nitrogens with one attached hydrogen (secondary N) is 1. The Balaban J connectivity index is 0.00000276. The minimum Gasteiger partial charge on any atom is -0.744 e. The first-order valence-electron chi connectivity index (χ1n) is 12.3. The molecule has 0 radical (unpaired) electrons. The SMILES string of the molecule is CC(=O)Nc1ccc(N=Nc2ccc(N=Nc3ccc(N)c4ccc(S(=O)(=O)[O-])cc34)c3cc(S(=O)(=O)[O-])ccc23)cc1.[Na+].[Na+]. The number of carbonyl (C=O) groups excluding carboxylic acids is 1. The minimum atomic E-state index is -4.82. The smallest absolute Gasteiger partial charge is 0.744 e. The number of anilines is 2. The van der Waals surface area contributed by atoms with Gasteiger partial charge in [0.05, 0.1) is 32.5 Å². The van der Waals surface area contributed by atoms with Gasteiger partial charge in [-0.1, -0.05) is 12.1 Å². The Morgan fingerprint density at radius 2 is 1.07 bits per heavy atom. The zero-order valence-electron chi connectivity index (χ0n) is 24.1. The molecule has 0 aromatic heterocycles. The van der Waals surface area contributed by atoms with Crippen molar-refractivity contribution in [2.45, 2.75) is 16.7 Å².